The fourth-order valence-electron chi connectivity index (χ4n) is 3.94. The summed E-state index contributed by atoms with van der Waals surface area (Å²) in [5.41, 5.74) is 2.34. The molecule has 0 radical (unpaired) electrons. The standard InChI is InChI=1S/C23H22N4O4S/c28-21-20(22(29)26(23(32)24-21)13-11-16-6-2-1-3-7-16)15-18-10-5-12-25(18)17-8-4-9-19(14-17)27(30)31/h4-6,8-10,12,14-15H,1-3,7,11,13H2,(H,24,28,32). The van der Waals surface area contributed by atoms with Crippen molar-refractivity contribution in [2.45, 2.75) is 32.1 Å². The molecule has 1 aromatic heterocycles. The molecule has 2 heterocycles. The molecular weight excluding hydrogens is 428 g/mol. The highest BCUT2D eigenvalue weighted by atomic mass is 32.1. The summed E-state index contributed by atoms with van der Waals surface area (Å²) in [6, 6.07) is 9.62. The summed E-state index contributed by atoms with van der Waals surface area (Å²) in [6.45, 7) is 0.410. The van der Waals surface area contributed by atoms with Crippen LogP contribution in [0.25, 0.3) is 11.8 Å². The van der Waals surface area contributed by atoms with E-state index in [0.717, 1.165) is 25.7 Å². The van der Waals surface area contributed by atoms with Crippen LogP contribution in [0.1, 0.15) is 37.8 Å². The van der Waals surface area contributed by atoms with Crippen LogP contribution in [0.3, 0.4) is 0 Å². The first kappa shape index (κ1) is 21.6. The number of hydrogen-bond acceptors (Lipinski definition) is 5. The minimum atomic E-state index is -0.556. The number of aromatic nitrogens is 1. The van der Waals surface area contributed by atoms with Gasteiger partial charge in [0.15, 0.2) is 5.11 Å². The van der Waals surface area contributed by atoms with Crippen molar-refractivity contribution in [3.05, 3.63) is 75.6 Å². The Labute approximate surface area is 190 Å². The lowest BCUT2D eigenvalue weighted by Gasteiger charge is -2.29. The summed E-state index contributed by atoms with van der Waals surface area (Å²) in [4.78, 5) is 37.8. The normalized spacial score (nSPS) is 18.0. The highest BCUT2D eigenvalue weighted by molar-refractivity contribution is 7.80. The molecule has 0 spiro atoms. The molecule has 1 aliphatic heterocycles. The number of nitro benzene ring substituents is 1. The lowest BCUT2D eigenvalue weighted by molar-refractivity contribution is -0.384. The average Bonchev–Trinajstić information content (AvgIpc) is 3.25. The Bertz CT molecular complexity index is 1160. The molecule has 8 nitrogen and oxygen atoms in total. The third-order valence-electron chi connectivity index (χ3n) is 5.62. The van der Waals surface area contributed by atoms with E-state index >= 15 is 0 Å². The van der Waals surface area contributed by atoms with Crippen molar-refractivity contribution in [3.63, 3.8) is 0 Å². The van der Waals surface area contributed by atoms with Crippen LogP contribution in [0.5, 0.6) is 0 Å². The first-order valence-corrected chi connectivity index (χ1v) is 10.8. The molecule has 1 aliphatic carbocycles. The maximum atomic E-state index is 13.1. The van der Waals surface area contributed by atoms with Gasteiger partial charge in [-0.15, -0.1) is 0 Å². The van der Waals surface area contributed by atoms with Gasteiger partial charge in [-0.1, -0.05) is 17.7 Å². The highest BCUT2D eigenvalue weighted by Crippen LogP contribution is 2.23. The van der Waals surface area contributed by atoms with Gasteiger partial charge in [0.2, 0.25) is 0 Å². The minimum absolute atomic E-state index is 0.0263. The molecule has 164 valence electrons. The fraction of sp³-hybridized carbons (Fsp3) is 0.261. The smallest absolute Gasteiger partial charge is 0.271 e. The predicted molar refractivity (Wildman–Crippen MR) is 124 cm³/mol. The van der Waals surface area contributed by atoms with Gasteiger partial charge in [-0.3, -0.25) is 29.9 Å². The van der Waals surface area contributed by atoms with E-state index in [-0.39, 0.29) is 16.4 Å². The maximum Gasteiger partial charge on any atom is 0.271 e. The number of amides is 2. The topological polar surface area (TPSA) is 97.5 Å². The van der Waals surface area contributed by atoms with Crippen LogP contribution in [-0.4, -0.2) is 37.9 Å². The molecule has 0 unspecified atom stereocenters. The molecule has 4 rings (SSSR count). The number of nitrogens with zero attached hydrogens (tertiary/aromatic N) is 3. The fourth-order valence-corrected chi connectivity index (χ4v) is 4.20. The van der Waals surface area contributed by atoms with Crippen LogP contribution in [0.2, 0.25) is 0 Å². The zero-order valence-corrected chi connectivity index (χ0v) is 18.1. The van der Waals surface area contributed by atoms with E-state index in [9.17, 15) is 19.7 Å². The van der Waals surface area contributed by atoms with Gasteiger partial charge < -0.3 is 4.57 Å². The third-order valence-corrected chi connectivity index (χ3v) is 5.94. The summed E-state index contributed by atoms with van der Waals surface area (Å²) in [5, 5.41) is 13.8. The van der Waals surface area contributed by atoms with E-state index in [1.165, 1.54) is 35.1 Å². The van der Waals surface area contributed by atoms with E-state index in [1.807, 2.05) is 0 Å². The Balaban J connectivity index is 1.60. The van der Waals surface area contributed by atoms with E-state index < -0.39 is 16.7 Å². The Hall–Kier alpha value is -3.59. The van der Waals surface area contributed by atoms with E-state index in [4.69, 9.17) is 12.2 Å². The van der Waals surface area contributed by atoms with Crippen molar-refractivity contribution in [2.75, 3.05) is 6.54 Å². The van der Waals surface area contributed by atoms with Crippen LogP contribution in [0.15, 0.2) is 59.8 Å². The summed E-state index contributed by atoms with van der Waals surface area (Å²) >= 11 is 5.25. The summed E-state index contributed by atoms with van der Waals surface area (Å²) in [6.07, 6.45) is 10.6. The molecule has 1 N–H and O–H groups in total. The second-order valence-corrected chi connectivity index (χ2v) is 8.10. The molecule has 2 aromatic rings. The van der Waals surface area contributed by atoms with Crippen molar-refractivity contribution < 1.29 is 14.5 Å². The van der Waals surface area contributed by atoms with Gasteiger partial charge in [0, 0.05) is 30.6 Å². The Morgan fingerprint density at radius 1 is 1.19 bits per heavy atom. The molecule has 2 amide bonds. The quantitative estimate of drug-likeness (QED) is 0.180. The largest absolute Gasteiger partial charge is 0.317 e. The number of nitrogens with one attached hydrogen (secondary N) is 1. The number of hydrogen-bond donors (Lipinski definition) is 1. The molecule has 0 saturated carbocycles. The van der Waals surface area contributed by atoms with Crippen molar-refractivity contribution in [2.24, 2.45) is 0 Å². The SMILES string of the molecule is O=C1NC(=S)N(CCC2=CCCCC2)C(=O)C1=Cc1cccn1-c1cccc([N+](=O)[O-])c1. The van der Waals surface area contributed by atoms with E-state index in [2.05, 4.69) is 11.4 Å². The Kier molecular flexibility index (Phi) is 6.27. The Morgan fingerprint density at radius 2 is 2.03 bits per heavy atom. The number of allylic oxidation sites excluding steroid dienone is 1. The van der Waals surface area contributed by atoms with Crippen LogP contribution >= 0.6 is 12.2 Å². The lowest BCUT2D eigenvalue weighted by atomic mass is 9.97. The molecular formula is C23H22N4O4S. The summed E-state index contributed by atoms with van der Waals surface area (Å²) in [7, 11) is 0. The molecule has 1 fully saturated rings. The van der Waals surface area contributed by atoms with Gasteiger partial charge >= 0.3 is 0 Å². The summed E-state index contributed by atoms with van der Waals surface area (Å²) in [5.74, 6) is -0.998. The van der Waals surface area contributed by atoms with Gasteiger partial charge in [0.05, 0.1) is 10.6 Å². The van der Waals surface area contributed by atoms with Crippen molar-refractivity contribution in [3.8, 4) is 5.69 Å². The van der Waals surface area contributed by atoms with Crippen LogP contribution in [0, 0.1) is 10.1 Å². The third kappa shape index (κ3) is 4.52. The van der Waals surface area contributed by atoms with Gasteiger partial charge in [-0.25, -0.2) is 0 Å². The second-order valence-electron chi connectivity index (χ2n) is 7.71. The number of carbonyl (C=O) groups is 2. The lowest BCUT2D eigenvalue weighted by Crippen LogP contribution is -2.54. The molecule has 9 heteroatoms. The van der Waals surface area contributed by atoms with Gasteiger partial charge in [0.1, 0.15) is 5.57 Å². The van der Waals surface area contributed by atoms with Crippen molar-refractivity contribution >= 4 is 40.9 Å². The minimum Gasteiger partial charge on any atom is -0.317 e. The van der Waals surface area contributed by atoms with Crippen molar-refractivity contribution in [1.82, 2.24) is 14.8 Å². The average molecular weight is 451 g/mol. The number of benzene rings is 1. The second kappa shape index (κ2) is 9.27. The Morgan fingerprint density at radius 3 is 2.78 bits per heavy atom. The number of carbonyl (C=O) groups excluding carboxylic acids is 2. The van der Waals surface area contributed by atoms with E-state index in [0.29, 0.717) is 17.9 Å². The van der Waals surface area contributed by atoms with Crippen molar-refractivity contribution in [1.29, 1.82) is 0 Å². The van der Waals surface area contributed by atoms with Crippen LogP contribution < -0.4 is 5.32 Å². The molecule has 0 bridgehead atoms. The number of thiocarbonyl (C=S) groups is 1. The molecule has 0 atom stereocenters. The molecule has 32 heavy (non-hydrogen) atoms. The highest BCUT2D eigenvalue weighted by Gasteiger charge is 2.33. The maximum absolute atomic E-state index is 13.1. The van der Waals surface area contributed by atoms with E-state index in [1.54, 1.807) is 35.0 Å². The molecule has 2 aliphatic rings. The van der Waals surface area contributed by atoms with Gasteiger partial charge in [0.25, 0.3) is 17.5 Å². The zero-order chi connectivity index (χ0) is 22.7. The van der Waals surface area contributed by atoms with Crippen LogP contribution in [0.4, 0.5) is 5.69 Å². The summed E-state index contributed by atoms with van der Waals surface area (Å²) < 4.78 is 1.69. The van der Waals surface area contributed by atoms with Gasteiger partial charge in [-0.2, -0.15) is 0 Å². The number of nitro groups is 1. The predicted octanol–water partition coefficient (Wildman–Crippen LogP) is 3.90. The monoisotopic (exact) mass is 450 g/mol. The van der Waals surface area contributed by atoms with Crippen LogP contribution in [-0.2, 0) is 9.59 Å². The molecule has 1 saturated heterocycles. The number of rotatable bonds is 6. The van der Waals surface area contributed by atoms with Gasteiger partial charge in [-0.05, 0) is 68.6 Å². The first-order valence-electron chi connectivity index (χ1n) is 10.4. The number of non-ortho nitro benzene ring substituents is 1. The molecule has 1 aromatic carbocycles. The zero-order valence-electron chi connectivity index (χ0n) is 17.3. The first-order chi connectivity index (χ1) is 15.4.